The molecule has 2 N–H and O–H groups in total. The minimum Gasteiger partial charge on any atom is -0.508 e. The molecule has 0 bridgehead atoms. The van der Waals surface area contributed by atoms with Crippen LogP contribution in [0.15, 0.2) is 60.3 Å². The fraction of sp³-hybridized carbons (Fsp3) is 0.100. The van der Waals surface area contributed by atoms with E-state index in [1.165, 1.54) is 12.1 Å². The highest BCUT2D eigenvalue weighted by Crippen LogP contribution is 2.24. The van der Waals surface area contributed by atoms with E-state index in [1.54, 1.807) is 18.2 Å². The van der Waals surface area contributed by atoms with Crippen LogP contribution in [0, 0.1) is 11.3 Å². The molecule has 0 aliphatic heterocycles. The van der Waals surface area contributed by atoms with Crippen molar-refractivity contribution in [1.29, 1.82) is 5.26 Å². The predicted octanol–water partition coefficient (Wildman–Crippen LogP) is 3.91. The van der Waals surface area contributed by atoms with Crippen LogP contribution in [0.5, 0.6) is 5.75 Å². The number of aryl methyl sites for hydroxylation is 1. The van der Waals surface area contributed by atoms with Crippen LogP contribution >= 0.6 is 0 Å². The van der Waals surface area contributed by atoms with Gasteiger partial charge in [0.15, 0.2) is 0 Å². The van der Waals surface area contributed by atoms with E-state index < -0.39 is 5.91 Å². The predicted molar refractivity (Wildman–Crippen MR) is 97.9 cm³/mol. The fourth-order valence-corrected chi connectivity index (χ4v) is 2.70. The maximum atomic E-state index is 12.4. The van der Waals surface area contributed by atoms with Gasteiger partial charge in [-0.2, -0.15) is 5.26 Å². The van der Waals surface area contributed by atoms with E-state index in [2.05, 4.69) is 9.88 Å². The number of carbonyl (C=O) groups excluding carboxylic acids is 1. The number of aromatic hydroxyl groups is 1. The normalized spacial score (nSPS) is 11.3. The van der Waals surface area contributed by atoms with Crippen molar-refractivity contribution in [2.45, 2.75) is 13.5 Å². The Morgan fingerprint density at radius 1 is 1.24 bits per heavy atom. The third kappa shape index (κ3) is 3.38. The van der Waals surface area contributed by atoms with Gasteiger partial charge < -0.3 is 15.0 Å². The van der Waals surface area contributed by atoms with Gasteiger partial charge in [-0.1, -0.05) is 18.2 Å². The highest BCUT2D eigenvalue weighted by atomic mass is 16.3. The number of aromatic nitrogens is 1. The Morgan fingerprint density at radius 3 is 2.64 bits per heavy atom. The molecule has 1 aromatic heterocycles. The first-order valence-corrected chi connectivity index (χ1v) is 7.92. The zero-order chi connectivity index (χ0) is 17.8. The minimum atomic E-state index is -0.485. The molecule has 25 heavy (non-hydrogen) atoms. The van der Waals surface area contributed by atoms with Crippen molar-refractivity contribution in [3.8, 4) is 11.8 Å². The number of nitrogens with one attached hydrogen (secondary N) is 1. The monoisotopic (exact) mass is 331 g/mol. The largest absolute Gasteiger partial charge is 0.508 e. The van der Waals surface area contributed by atoms with Gasteiger partial charge in [-0.05, 0) is 43.3 Å². The molecule has 0 aliphatic carbocycles. The highest BCUT2D eigenvalue weighted by Gasteiger charge is 2.12. The zero-order valence-electron chi connectivity index (χ0n) is 13.7. The van der Waals surface area contributed by atoms with Crippen molar-refractivity contribution in [3.05, 3.63) is 65.9 Å². The number of hydrogen-bond donors (Lipinski definition) is 2. The Morgan fingerprint density at radius 2 is 1.96 bits per heavy atom. The molecule has 0 atom stereocenters. The molecular weight excluding hydrogens is 314 g/mol. The lowest BCUT2D eigenvalue weighted by molar-refractivity contribution is -0.112. The van der Waals surface area contributed by atoms with Crippen molar-refractivity contribution < 1.29 is 9.90 Å². The van der Waals surface area contributed by atoms with Gasteiger partial charge in [-0.15, -0.1) is 0 Å². The molecule has 3 rings (SSSR count). The topological polar surface area (TPSA) is 78.0 Å². The van der Waals surface area contributed by atoms with Crippen molar-refractivity contribution in [3.63, 3.8) is 0 Å². The molecule has 0 radical (unpaired) electrons. The van der Waals surface area contributed by atoms with E-state index in [0.717, 1.165) is 23.0 Å². The molecule has 2 aromatic carbocycles. The van der Waals surface area contributed by atoms with Gasteiger partial charge in [-0.25, -0.2) is 0 Å². The number of rotatable bonds is 4. The fourth-order valence-electron chi connectivity index (χ4n) is 2.70. The summed E-state index contributed by atoms with van der Waals surface area (Å²) in [5.41, 5.74) is 2.43. The van der Waals surface area contributed by atoms with Crippen LogP contribution < -0.4 is 5.32 Å². The standard InChI is InChI=1S/C20H17N3O2/c1-2-23-13-15(18-5-3-4-6-19(18)23)11-14(12-21)20(25)22-16-7-9-17(24)10-8-16/h3-11,13,24H,2H2,1H3,(H,22,25). The average Bonchev–Trinajstić information content (AvgIpc) is 2.99. The van der Waals surface area contributed by atoms with E-state index in [4.69, 9.17) is 0 Å². The Labute approximate surface area is 145 Å². The van der Waals surface area contributed by atoms with Gasteiger partial charge in [0, 0.05) is 34.9 Å². The van der Waals surface area contributed by atoms with Crippen molar-refractivity contribution in [2.24, 2.45) is 0 Å². The van der Waals surface area contributed by atoms with Gasteiger partial charge in [-0.3, -0.25) is 4.79 Å². The summed E-state index contributed by atoms with van der Waals surface area (Å²) in [4.78, 5) is 12.4. The Balaban J connectivity index is 1.94. The summed E-state index contributed by atoms with van der Waals surface area (Å²) in [5.74, 6) is -0.372. The third-order valence-corrected chi connectivity index (χ3v) is 3.95. The number of nitriles is 1. The van der Waals surface area contributed by atoms with Crippen LogP contribution in [-0.4, -0.2) is 15.6 Å². The van der Waals surface area contributed by atoms with E-state index in [-0.39, 0.29) is 11.3 Å². The molecule has 5 heteroatoms. The SMILES string of the molecule is CCn1cc(C=C(C#N)C(=O)Nc2ccc(O)cc2)c2ccccc21. The Hall–Kier alpha value is -3.52. The number of amides is 1. The van der Waals surface area contributed by atoms with E-state index in [1.807, 2.05) is 43.5 Å². The molecule has 5 nitrogen and oxygen atoms in total. The summed E-state index contributed by atoms with van der Waals surface area (Å²) in [6, 6.07) is 15.9. The number of carbonyl (C=O) groups is 1. The van der Waals surface area contributed by atoms with Crippen LogP contribution in [0.25, 0.3) is 17.0 Å². The second-order valence-electron chi connectivity index (χ2n) is 5.56. The number of benzene rings is 2. The average molecular weight is 331 g/mol. The van der Waals surface area contributed by atoms with Crippen molar-refractivity contribution in [1.82, 2.24) is 4.57 Å². The lowest BCUT2D eigenvalue weighted by Gasteiger charge is -2.04. The molecular formula is C20H17N3O2. The van der Waals surface area contributed by atoms with Crippen LogP contribution in [0.2, 0.25) is 0 Å². The quantitative estimate of drug-likeness (QED) is 0.432. The number of nitrogens with zero attached hydrogens (tertiary/aromatic N) is 2. The first-order valence-electron chi connectivity index (χ1n) is 7.92. The second-order valence-corrected chi connectivity index (χ2v) is 5.56. The van der Waals surface area contributed by atoms with E-state index in [9.17, 15) is 15.2 Å². The smallest absolute Gasteiger partial charge is 0.266 e. The van der Waals surface area contributed by atoms with Gasteiger partial charge in [0.25, 0.3) is 5.91 Å². The summed E-state index contributed by atoms with van der Waals surface area (Å²) in [6.07, 6.45) is 3.54. The molecule has 3 aromatic rings. The molecule has 0 spiro atoms. The van der Waals surface area contributed by atoms with Crippen LogP contribution in [0.3, 0.4) is 0 Å². The first kappa shape index (κ1) is 16.3. The summed E-state index contributed by atoms with van der Waals surface area (Å²) < 4.78 is 2.08. The highest BCUT2D eigenvalue weighted by molar-refractivity contribution is 6.10. The third-order valence-electron chi connectivity index (χ3n) is 3.95. The molecule has 0 saturated carbocycles. The number of anilines is 1. The maximum Gasteiger partial charge on any atom is 0.266 e. The summed E-state index contributed by atoms with van der Waals surface area (Å²) in [6.45, 7) is 2.85. The number of phenolic OH excluding ortho intramolecular Hbond substituents is 1. The van der Waals surface area contributed by atoms with E-state index >= 15 is 0 Å². The van der Waals surface area contributed by atoms with Crippen LogP contribution in [-0.2, 0) is 11.3 Å². The molecule has 1 amide bonds. The molecule has 0 aliphatic rings. The zero-order valence-corrected chi connectivity index (χ0v) is 13.7. The van der Waals surface area contributed by atoms with Crippen LogP contribution in [0.1, 0.15) is 12.5 Å². The lowest BCUT2D eigenvalue weighted by atomic mass is 10.1. The van der Waals surface area contributed by atoms with E-state index in [0.29, 0.717) is 5.69 Å². The molecule has 0 saturated heterocycles. The number of hydrogen-bond acceptors (Lipinski definition) is 3. The van der Waals surface area contributed by atoms with Crippen molar-refractivity contribution >= 4 is 28.6 Å². The van der Waals surface area contributed by atoms with Crippen molar-refractivity contribution in [2.75, 3.05) is 5.32 Å². The Kier molecular flexibility index (Phi) is 4.53. The molecule has 0 unspecified atom stereocenters. The summed E-state index contributed by atoms with van der Waals surface area (Å²) in [7, 11) is 0. The van der Waals surface area contributed by atoms with Gasteiger partial charge in [0.1, 0.15) is 17.4 Å². The number of phenols is 1. The maximum absolute atomic E-state index is 12.4. The molecule has 1 heterocycles. The molecule has 124 valence electrons. The molecule has 0 fully saturated rings. The number of para-hydroxylation sites is 1. The van der Waals surface area contributed by atoms with Crippen LogP contribution in [0.4, 0.5) is 5.69 Å². The summed E-state index contributed by atoms with van der Waals surface area (Å²) >= 11 is 0. The lowest BCUT2D eigenvalue weighted by Crippen LogP contribution is -2.13. The Bertz CT molecular complexity index is 992. The summed E-state index contributed by atoms with van der Waals surface area (Å²) in [5, 5.41) is 22.3. The second kappa shape index (κ2) is 6.93. The minimum absolute atomic E-state index is 0.0204. The van der Waals surface area contributed by atoms with Gasteiger partial charge in [0.05, 0.1) is 0 Å². The van der Waals surface area contributed by atoms with Gasteiger partial charge in [0.2, 0.25) is 0 Å². The first-order chi connectivity index (χ1) is 12.1. The number of fused-ring (bicyclic) bond motifs is 1. The van der Waals surface area contributed by atoms with Gasteiger partial charge >= 0.3 is 0 Å².